The summed E-state index contributed by atoms with van der Waals surface area (Å²) in [6.07, 6.45) is 2.52. The molecule has 2 amide bonds. The summed E-state index contributed by atoms with van der Waals surface area (Å²) in [6, 6.07) is 3.65. The number of carbonyl (C=O) groups excluding carboxylic acids is 2. The fourth-order valence-electron chi connectivity index (χ4n) is 2.49. The van der Waals surface area contributed by atoms with Crippen molar-refractivity contribution in [2.24, 2.45) is 0 Å². The van der Waals surface area contributed by atoms with Crippen molar-refractivity contribution in [1.82, 2.24) is 10.2 Å². The van der Waals surface area contributed by atoms with Gasteiger partial charge in [0.15, 0.2) is 11.5 Å². The van der Waals surface area contributed by atoms with Crippen LogP contribution in [0.2, 0.25) is 5.02 Å². The average Bonchev–Trinajstić information content (AvgIpc) is 2.86. The number of ether oxygens (including phenoxy) is 2. The third kappa shape index (κ3) is 6.59. The van der Waals surface area contributed by atoms with Crippen molar-refractivity contribution in [3.8, 4) is 11.5 Å². The van der Waals surface area contributed by atoms with Crippen LogP contribution in [0, 0.1) is 0 Å². The monoisotopic (exact) mass is 397 g/mol. The van der Waals surface area contributed by atoms with Gasteiger partial charge in [0.2, 0.25) is 0 Å². The molecule has 1 heterocycles. The quantitative estimate of drug-likeness (QED) is 0.546. The standard InChI is InChI=1S/C19H28ClN3O4/c1-13(2)23(3)8-5-4-7-21-18(24)19(25)22-15-12-17-16(11-14(15)20)26-9-6-10-27-17/h11-13H,4-10H2,1-3H3,(H,21,24)(H,22,25). The van der Waals surface area contributed by atoms with E-state index < -0.39 is 11.8 Å². The summed E-state index contributed by atoms with van der Waals surface area (Å²) < 4.78 is 11.1. The average molecular weight is 398 g/mol. The third-order valence-electron chi connectivity index (χ3n) is 4.40. The number of anilines is 1. The Bertz CT molecular complexity index is 667. The van der Waals surface area contributed by atoms with Crippen molar-refractivity contribution in [3.63, 3.8) is 0 Å². The molecule has 0 fully saturated rings. The SMILES string of the molecule is CC(C)N(C)CCCCNC(=O)C(=O)Nc1cc2c(cc1Cl)OCCCO2. The van der Waals surface area contributed by atoms with E-state index in [1.807, 2.05) is 0 Å². The van der Waals surface area contributed by atoms with Crippen LogP contribution in [0.3, 0.4) is 0 Å². The van der Waals surface area contributed by atoms with Gasteiger partial charge in [-0.1, -0.05) is 11.6 Å². The molecule has 2 rings (SSSR count). The van der Waals surface area contributed by atoms with Crippen molar-refractivity contribution < 1.29 is 19.1 Å². The lowest BCUT2D eigenvalue weighted by molar-refractivity contribution is -0.136. The summed E-state index contributed by atoms with van der Waals surface area (Å²) in [4.78, 5) is 26.3. The maximum absolute atomic E-state index is 12.1. The van der Waals surface area contributed by atoms with Crippen LogP contribution in [-0.2, 0) is 9.59 Å². The van der Waals surface area contributed by atoms with Crippen molar-refractivity contribution in [2.75, 3.05) is 38.7 Å². The number of hydrogen-bond donors (Lipinski definition) is 2. The second-order valence-electron chi connectivity index (χ2n) is 6.82. The van der Waals surface area contributed by atoms with Crippen LogP contribution in [-0.4, -0.2) is 56.1 Å². The molecule has 0 aromatic heterocycles. The van der Waals surface area contributed by atoms with Crippen LogP contribution >= 0.6 is 11.6 Å². The predicted molar refractivity (Wildman–Crippen MR) is 106 cm³/mol. The van der Waals surface area contributed by atoms with Gasteiger partial charge < -0.3 is 25.0 Å². The fraction of sp³-hybridized carbons (Fsp3) is 0.579. The van der Waals surface area contributed by atoms with E-state index in [0.29, 0.717) is 43.0 Å². The molecule has 0 saturated carbocycles. The molecule has 0 radical (unpaired) electrons. The lowest BCUT2D eigenvalue weighted by atomic mass is 10.2. The maximum Gasteiger partial charge on any atom is 0.313 e. The minimum atomic E-state index is -0.759. The minimum Gasteiger partial charge on any atom is -0.490 e. The van der Waals surface area contributed by atoms with E-state index in [-0.39, 0.29) is 5.02 Å². The molecule has 27 heavy (non-hydrogen) atoms. The summed E-state index contributed by atoms with van der Waals surface area (Å²) in [6.45, 7) is 6.74. The summed E-state index contributed by atoms with van der Waals surface area (Å²) in [7, 11) is 2.07. The molecular formula is C19H28ClN3O4. The van der Waals surface area contributed by atoms with Crippen LogP contribution in [0.15, 0.2) is 12.1 Å². The molecule has 150 valence electrons. The van der Waals surface area contributed by atoms with Gasteiger partial charge in [-0.05, 0) is 40.3 Å². The van der Waals surface area contributed by atoms with E-state index >= 15 is 0 Å². The molecule has 1 aliphatic rings. The van der Waals surface area contributed by atoms with Gasteiger partial charge in [-0.25, -0.2) is 0 Å². The molecule has 1 aromatic carbocycles. The van der Waals surface area contributed by atoms with Gasteiger partial charge in [0, 0.05) is 31.1 Å². The number of benzene rings is 1. The lowest BCUT2D eigenvalue weighted by Crippen LogP contribution is -2.36. The van der Waals surface area contributed by atoms with Crippen molar-refractivity contribution in [1.29, 1.82) is 0 Å². The highest BCUT2D eigenvalue weighted by atomic mass is 35.5. The number of amides is 2. The molecule has 0 bridgehead atoms. The minimum absolute atomic E-state index is 0.289. The Balaban J connectivity index is 1.80. The number of carbonyl (C=O) groups is 2. The zero-order valence-electron chi connectivity index (χ0n) is 16.1. The van der Waals surface area contributed by atoms with Gasteiger partial charge in [-0.2, -0.15) is 0 Å². The molecule has 0 saturated heterocycles. The Labute approximate surface area is 165 Å². The highest BCUT2D eigenvalue weighted by molar-refractivity contribution is 6.41. The number of rotatable bonds is 7. The smallest absolute Gasteiger partial charge is 0.313 e. The molecule has 7 nitrogen and oxygen atoms in total. The van der Waals surface area contributed by atoms with E-state index in [1.165, 1.54) is 0 Å². The molecule has 8 heteroatoms. The van der Waals surface area contributed by atoms with Crippen LogP contribution < -0.4 is 20.1 Å². The van der Waals surface area contributed by atoms with E-state index in [9.17, 15) is 9.59 Å². The second kappa shape index (κ2) is 10.4. The number of unbranched alkanes of at least 4 members (excludes halogenated alkanes) is 1. The molecule has 1 aromatic rings. The van der Waals surface area contributed by atoms with Crippen molar-refractivity contribution in [3.05, 3.63) is 17.2 Å². The number of nitrogens with one attached hydrogen (secondary N) is 2. The topological polar surface area (TPSA) is 79.9 Å². The largest absolute Gasteiger partial charge is 0.490 e. The Hall–Kier alpha value is -1.99. The van der Waals surface area contributed by atoms with Crippen LogP contribution in [0.1, 0.15) is 33.1 Å². The highest BCUT2D eigenvalue weighted by Gasteiger charge is 2.18. The van der Waals surface area contributed by atoms with Crippen LogP contribution in [0.5, 0.6) is 11.5 Å². The van der Waals surface area contributed by atoms with Gasteiger partial charge in [-0.15, -0.1) is 0 Å². The van der Waals surface area contributed by atoms with Gasteiger partial charge in [0.25, 0.3) is 0 Å². The van der Waals surface area contributed by atoms with Crippen molar-refractivity contribution >= 4 is 29.1 Å². The normalized spacial score (nSPS) is 13.4. The van der Waals surface area contributed by atoms with E-state index in [4.69, 9.17) is 21.1 Å². The summed E-state index contributed by atoms with van der Waals surface area (Å²) in [5, 5.41) is 5.45. The zero-order chi connectivity index (χ0) is 19.8. The number of halogens is 1. The maximum atomic E-state index is 12.1. The van der Waals surface area contributed by atoms with E-state index in [0.717, 1.165) is 25.8 Å². The first-order valence-corrected chi connectivity index (χ1v) is 9.65. The van der Waals surface area contributed by atoms with Crippen LogP contribution in [0.4, 0.5) is 5.69 Å². The first-order valence-electron chi connectivity index (χ1n) is 9.27. The summed E-state index contributed by atoms with van der Waals surface area (Å²) in [5.41, 5.74) is 0.319. The Morgan fingerprint density at radius 3 is 2.48 bits per heavy atom. The highest BCUT2D eigenvalue weighted by Crippen LogP contribution is 2.37. The number of nitrogens with zero attached hydrogens (tertiary/aromatic N) is 1. The predicted octanol–water partition coefficient (Wildman–Crippen LogP) is 2.68. The number of fused-ring (bicyclic) bond motifs is 1. The molecule has 2 N–H and O–H groups in total. The Kier molecular flexibility index (Phi) is 8.19. The second-order valence-corrected chi connectivity index (χ2v) is 7.23. The van der Waals surface area contributed by atoms with Crippen molar-refractivity contribution in [2.45, 2.75) is 39.2 Å². The lowest BCUT2D eigenvalue weighted by Gasteiger charge is -2.20. The van der Waals surface area contributed by atoms with E-state index in [1.54, 1.807) is 12.1 Å². The Morgan fingerprint density at radius 1 is 1.15 bits per heavy atom. The molecule has 0 aliphatic carbocycles. The number of hydrogen-bond acceptors (Lipinski definition) is 5. The van der Waals surface area contributed by atoms with Crippen LogP contribution in [0.25, 0.3) is 0 Å². The summed E-state index contributed by atoms with van der Waals surface area (Å²) in [5.74, 6) is -0.408. The van der Waals surface area contributed by atoms with Gasteiger partial charge in [0.05, 0.1) is 23.9 Å². The molecule has 0 unspecified atom stereocenters. The third-order valence-corrected chi connectivity index (χ3v) is 4.71. The van der Waals surface area contributed by atoms with Gasteiger partial charge in [0.1, 0.15) is 0 Å². The molecule has 0 spiro atoms. The van der Waals surface area contributed by atoms with Gasteiger partial charge >= 0.3 is 11.8 Å². The first-order chi connectivity index (χ1) is 12.9. The molecule has 0 atom stereocenters. The van der Waals surface area contributed by atoms with E-state index in [2.05, 4.69) is 36.4 Å². The fourth-order valence-corrected chi connectivity index (χ4v) is 2.69. The van der Waals surface area contributed by atoms with Gasteiger partial charge in [-0.3, -0.25) is 9.59 Å². The molecule has 1 aliphatic heterocycles. The Morgan fingerprint density at radius 2 is 1.81 bits per heavy atom. The molecular weight excluding hydrogens is 370 g/mol. The summed E-state index contributed by atoms with van der Waals surface area (Å²) >= 11 is 6.18. The first kappa shape index (κ1) is 21.3. The zero-order valence-corrected chi connectivity index (χ0v) is 16.9.